The smallest absolute Gasteiger partial charge is 0.254 e. The summed E-state index contributed by atoms with van der Waals surface area (Å²) in [6.07, 6.45) is 4.64. The molecule has 1 amide bonds. The molecule has 1 fully saturated rings. The maximum absolute atomic E-state index is 12.7. The Labute approximate surface area is 182 Å². The molecule has 0 bridgehead atoms. The summed E-state index contributed by atoms with van der Waals surface area (Å²) < 4.78 is 28.7. The van der Waals surface area contributed by atoms with Gasteiger partial charge in [0.15, 0.2) is 5.82 Å². The van der Waals surface area contributed by atoms with Gasteiger partial charge in [-0.25, -0.2) is 18.1 Å². The quantitative estimate of drug-likeness (QED) is 0.636. The lowest BCUT2D eigenvalue weighted by molar-refractivity contribution is 0.0941. The first-order valence-corrected chi connectivity index (χ1v) is 11.7. The summed E-state index contributed by atoms with van der Waals surface area (Å²) in [6.45, 7) is 3.25. The van der Waals surface area contributed by atoms with Crippen LogP contribution in [0.25, 0.3) is 5.82 Å². The molecule has 162 valence electrons. The van der Waals surface area contributed by atoms with Crippen LogP contribution in [0, 0.1) is 12.8 Å². The molecule has 1 saturated heterocycles. The number of sulfonamides is 1. The molecule has 9 heteroatoms. The Hall–Kier alpha value is -3.04. The summed E-state index contributed by atoms with van der Waals surface area (Å²) in [5.74, 6) is 0.711. The topological polar surface area (TPSA) is 97.2 Å². The van der Waals surface area contributed by atoms with Crippen molar-refractivity contribution < 1.29 is 13.2 Å². The zero-order valence-electron chi connectivity index (χ0n) is 17.3. The van der Waals surface area contributed by atoms with E-state index in [4.69, 9.17) is 0 Å². The summed E-state index contributed by atoms with van der Waals surface area (Å²) in [6, 6.07) is 14.0. The molecule has 1 N–H and O–H groups in total. The highest BCUT2D eigenvalue weighted by Gasteiger charge is 2.29. The van der Waals surface area contributed by atoms with Crippen LogP contribution in [0.2, 0.25) is 0 Å². The van der Waals surface area contributed by atoms with Crippen molar-refractivity contribution in [2.45, 2.75) is 24.7 Å². The summed E-state index contributed by atoms with van der Waals surface area (Å²) in [7, 11) is -3.46. The third-order valence-electron chi connectivity index (χ3n) is 5.63. The van der Waals surface area contributed by atoms with Crippen molar-refractivity contribution in [2.75, 3.05) is 19.6 Å². The van der Waals surface area contributed by atoms with E-state index < -0.39 is 10.0 Å². The third-order valence-corrected chi connectivity index (χ3v) is 7.54. The van der Waals surface area contributed by atoms with Gasteiger partial charge in [0.2, 0.25) is 10.0 Å². The molecule has 8 nitrogen and oxygen atoms in total. The zero-order valence-corrected chi connectivity index (χ0v) is 18.1. The maximum atomic E-state index is 12.7. The number of aromatic nitrogens is 3. The van der Waals surface area contributed by atoms with Crippen LogP contribution in [-0.2, 0) is 10.0 Å². The molecule has 2 aromatic heterocycles. The van der Waals surface area contributed by atoms with Crippen LogP contribution in [0.3, 0.4) is 0 Å². The Bertz CT molecular complexity index is 1140. The Morgan fingerprint density at radius 1 is 1.10 bits per heavy atom. The van der Waals surface area contributed by atoms with Crippen LogP contribution >= 0.6 is 0 Å². The molecule has 31 heavy (non-hydrogen) atoms. The van der Waals surface area contributed by atoms with Gasteiger partial charge in [0.05, 0.1) is 22.3 Å². The number of nitrogens with zero attached hydrogens (tertiary/aromatic N) is 4. The first-order valence-electron chi connectivity index (χ1n) is 10.3. The number of carbonyl (C=O) groups is 1. The fourth-order valence-electron chi connectivity index (χ4n) is 3.77. The molecule has 0 saturated carbocycles. The number of piperidine rings is 1. The number of nitrogens with one attached hydrogen (secondary N) is 1. The monoisotopic (exact) mass is 439 g/mol. The van der Waals surface area contributed by atoms with Gasteiger partial charge >= 0.3 is 0 Å². The van der Waals surface area contributed by atoms with Gasteiger partial charge in [-0.2, -0.15) is 9.40 Å². The second kappa shape index (κ2) is 8.99. The molecule has 3 aromatic rings. The van der Waals surface area contributed by atoms with Gasteiger partial charge in [-0.15, -0.1) is 0 Å². The van der Waals surface area contributed by atoms with Crippen molar-refractivity contribution in [2.24, 2.45) is 5.92 Å². The molecule has 3 heterocycles. The highest BCUT2D eigenvalue weighted by Crippen LogP contribution is 2.23. The molecule has 0 atom stereocenters. The second-order valence-electron chi connectivity index (χ2n) is 7.61. The first-order chi connectivity index (χ1) is 15.0. The van der Waals surface area contributed by atoms with E-state index >= 15 is 0 Å². The molecule has 0 unspecified atom stereocenters. The third kappa shape index (κ3) is 4.52. The SMILES string of the molecule is Cc1c(C(=O)NCC2CCN(S(=O)(=O)c3ccccc3)CC2)cnn1-c1ccccn1. The number of hydrogen-bond acceptors (Lipinski definition) is 5. The van der Waals surface area contributed by atoms with Crippen molar-refractivity contribution in [1.29, 1.82) is 0 Å². The fraction of sp³-hybridized carbons (Fsp3) is 0.318. The number of hydrogen-bond donors (Lipinski definition) is 1. The number of amides is 1. The molecule has 0 radical (unpaired) electrons. The molecule has 0 aliphatic carbocycles. The van der Waals surface area contributed by atoms with Gasteiger partial charge in [0.25, 0.3) is 5.91 Å². The second-order valence-corrected chi connectivity index (χ2v) is 9.55. The van der Waals surface area contributed by atoms with E-state index in [1.807, 2.05) is 25.1 Å². The first kappa shape index (κ1) is 21.2. The van der Waals surface area contributed by atoms with Crippen molar-refractivity contribution in [3.63, 3.8) is 0 Å². The maximum Gasteiger partial charge on any atom is 0.254 e. The molecular formula is C22H25N5O3S. The van der Waals surface area contributed by atoms with Crippen LogP contribution < -0.4 is 5.32 Å². The van der Waals surface area contributed by atoms with E-state index in [9.17, 15) is 13.2 Å². The number of benzene rings is 1. The van der Waals surface area contributed by atoms with Crippen LogP contribution in [0.1, 0.15) is 28.9 Å². The number of pyridine rings is 1. The molecule has 0 spiro atoms. The largest absolute Gasteiger partial charge is 0.352 e. The highest BCUT2D eigenvalue weighted by atomic mass is 32.2. The van der Waals surface area contributed by atoms with E-state index in [1.54, 1.807) is 47.4 Å². The van der Waals surface area contributed by atoms with E-state index in [-0.39, 0.29) is 11.8 Å². The van der Waals surface area contributed by atoms with Gasteiger partial charge in [-0.3, -0.25) is 4.79 Å². The van der Waals surface area contributed by atoms with E-state index in [0.29, 0.717) is 48.8 Å². The van der Waals surface area contributed by atoms with Gasteiger partial charge in [0.1, 0.15) is 0 Å². The average molecular weight is 440 g/mol. The highest BCUT2D eigenvalue weighted by molar-refractivity contribution is 7.89. The predicted molar refractivity (Wildman–Crippen MR) is 116 cm³/mol. The molecule has 4 rings (SSSR count). The van der Waals surface area contributed by atoms with Crippen molar-refractivity contribution in [3.8, 4) is 5.82 Å². The van der Waals surface area contributed by atoms with Crippen LogP contribution in [-0.4, -0.2) is 53.0 Å². The van der Waals surface area contributed by atoms with Crippen LogP contribution in [0.15, 0.2) is 65.8 Å². The predicted octanol–water partition coefficient (Wildman–Crippen LogP) is 2.41. The molecule has 1 aliphatic rings. The van der Waals surface area contributed by atoms with E-state index in [0.717, 1.165) is 5.69 Å². The summed E-state index contributed by atoms with van der Waals surface area (Å²) in [4.78, 5) is 17.3. The van der Waals surface area contributed by atoms with Crippen molar-refractivity contribution in [3.05, 3.63) is 72.2 Å². The van der Waals surface area contributed by atoms with Gasteiger partial charge in [-0.1, -0.05) is 24.3 Å². The van der Waals surface area contributed by atoms with Crippen LogP contribution in [0.4, 0.5) is 0 Å². The molecule has 1 aromatic carbocycles. The molecule has 1 aliphatic heterocycles. The molecular weight excluding hydrogens is 414 g/mol. The van der Waals surface area contributed by atoms with Crippen molar-refractivity contribution in [1.82, 2.24) is 24.4 Å². The summed E-state index contributed by atoms with van der Waals surface area (Å²) >= 11 is 0. The van der Waals surface area contributed by atoms with Crippen molar-refractivity contribution >= 4 is 15.9 Å². The normalized spacial score (nSPS) is 15.6. The Kier molecular flexibility index (Phi) is 6.15. The fourth-order valence-corrected chi connectivity index (χ4v) is 5.26. The minimum absolute atomic E-state index is 0.181. The average Bonchev–Trinajstić information content (AvgIpc) is 3.20. The Morgan fingerprint density at radius 2 is 1.81 bits per heavy atom. The number of carbonyl (C=O) groups excluding carboxylic acids is 1. The van der Waals surface area contributed by atoms with Gasteiger partial charge in [-0.05, 0) is 49.9 Å². The standard InChI is InChI=1S/C22H25N5O3S/c1-17-20(16-25-27(17)21-9-5-6-12-23-21)22(28)24-15-18-10-13-26(14-11-18)31(29,30)19-7-3-2-4-8-19/h2-9,12,16,18H,10-11,13-15H2,1H3,(H,24,28). The lowest BCUT2D eigenvalue weighted by atomic mass is 9.98. The van der Waals surface area contributed by atoms with Crippen LogP contribution in [0.5, 0.6) is 0 Å². The van der Waals surface area contributed by atoms with E-state index in [1.165, 1.54) is 4.31 Å². The Morgan fingerprint density at radius 3 is 2.48 bits per heavy atom. The Balaban J connectivity index is 1.32. The van der Waals surface area contributed by atoms with E-state index in [2.05, 4.69) is 15.4 Å². The lowest BCUT2D eigenvalue weighted by Crippen LogP contribution is -2.41. The van der Waals surface area contributed by atoms with Gasteiger partial charge < -0.3 is 5.32 Å². The number of rotatable bonds is 6. The summed E-state index contributed by atoms with van der Waals surface area (Å²) in [5.41, 5.74) is 1.23. The summed E-state index contributed by atoms with van der Waals surface area (Å²) in [5, 5.41) is 7.27. The lowest BCUT2D eigenvalue weighted by Gasteiger charge is -2.31. The minimum atomic E-state index is -3.46. The minimum Gasteiger partial charge on any atom is -0.352 e. The zero-order chi connectivity index (χ0) is 21.8. The van der Waals surface area contributed by atoms with Gasteiger partial charge in [0, 0.05) is 25.8 Å².